The fraction of sp³-hybridized carbons (Fsp3) is 0.500. The molecule has 1 aliphatic heterocycles. The number of carbonyl (C=O) groups is 2. The lowest BCUT2D eigenvalue weighted by molar-refractivity contribution is -0.187. The van der Waals surface area contributed by atoms with E-state index in [0.29, 0.717) is 13.0 Å². The molecule has 152 valence electrons. The number of rotatable bonds is 5. The van der Waals surface area contributed by atoms with E-state index in [-0.39, 0.29) is 6.54 Å². The zero-order chi connectivity index (χ0) is 20.5. The van der Waals surface area contributed by atoms with Crippen molar-refractivity contribution >= 4 is 23.0 Å². The summed E-state index contributed by atoms with van der Waals surface area (Å²) in [7, 11) is 0. The first-order valence-electron chi connectivity index (χ1n) is 8.98. The van der Waals surface area contributed by atoms with Crippen LogP contribution in [0.3, 0.4) is 0 Å². The monoisotopic (exact) mass is 398 g/mol. The number of likely N-dealkylation sites (tertiary alicyclic amines) is 1. The summed E-state index contributed by atoms with van der Waals surface area (Å²) in [5, 5.41) is 11.6. The third kappa shape index (κ3) is 3.90. The summed E-state index contributed by atoms with van der Waals surface area (Å²) in [5.41, 5.74) is 1.81. The number of amides is 2. The van der Waals surface area contributed by atoms with Gasteiger partial charge in [-0.2, -0.15) is 13.2 Å². The van der Waals surface area contributed by atoms with Crippen LogP contribution in [0.15, 0.2) is 24.3 Å². The Bertz CT molecular complexity index is 881. The molecule has 28 heavy (non-hydrogen) atoms. The smallest absolute Gasteiger partial charge is 0.394 e. The second-order valence-corrected chi connectivity index (χ2v) is 6.74. The van der Waals surface area contributed by atoms with E-state index in [4.69, 9.17) is 5.11 Å². The van der Waals surface area contributed by atoms with Gasteiger partial charge in [-0.05, 0) is 19.1 Å². The molecule has 0 radical (unpaired) electrons. The first-order valence-corrected chi connectivity index (χ1v) is 8.98. The highest BCUT2D eigenvalue weighted by atomic mass is 19.4. The van der Waals surface area contributed by atoms with Gasteiger partial charge in [0.2, 0.25) is 0 Å². The Hall–Kier alpha value is -2.78. The first kappa shape index (κ1) is 20.0. The largest absolute Gasteiger partial charge is 0.481 e. The number of urea groups is 1. The molecule has 1 saturated heterocycles. The summed E-state index contributed by atoms with van der Waals surface area (Å²) in [6.45, 7) is 1.75. The number of carboxylic acids is 1. The SMILES string of the molecule is CCn1c(CCNC(=O)N2C[C@@H](C(F)(F)F)[C@H](C(=O)O)C2)nc2ccccc21. The maximum atomic E-state index is 13.0. The highest BCUT2D eigenvalue weighted by Gasteiger charge is 2.53. The van der Waals surface area contributed by atoms with E-state index in [2.05, 4.69) is 10.3 Å². The van der Waals surface area contributed by atoms with Crippen LogP contribution in [0.1, 0.15) is 12.7 Å². The number of nitrogens with zero attached hydrogens (tertiary/aromatic N) is 3. The molecule has 10 heteroatoms. The molecule has 1 aromatic heterocycles. The van der Waals surface area contributed by atoms with Gasteiger partial charge in [0.15, 0.2) is 0 Å². The van der Waals surface area contributed by atoms with Crippen molar-refractivity contribution in [1.82, 2.24) is 19.8 Å². The molecule has 2 aromatic rings. The molecule has 7 nitrogen and oxygen atoms in total. The molecule has 2 atom stereocenters. The Kier molecular flexibility index (Phi) is 5.48. The summed E-state index contributed by atoms with van der Waals surface area (Å²) < 4.78 is 41.1. The van der Waals surface area contributed by atoms with Gasteiger partial charge in [0, 0.05) is 32.6 Å². The molecule has 0 aliphatic carbocycles. The second kappa shape index (κ2) is 7.69. The van der Waals surface area contributed by atoms with Gasteiger partial charge >= 0.3 is 18.2 Å². The molecule has 1 aromatic carbocycles. The van der Waals surface area contributed by atoms with Crippen LogP contribution in [-0.2, 0) is 17.8 Å². The lowest BCUT2D eigenvalue weighted by atomic mass is 9.96. The summed E-state index contributed by atoms with van der Waals surface area (Å²) in [6, 6.07) is 6.92. The van der Waals surface area contributed by atoms with Crippen LogP contribution in [0.25, 0.3) is 11.0 Å². The first-order chi connectivity index (χ1) is 13.2. The molecule has 0 saturated carbocycles. The predicted octanol–water partition coefficient (Wildman–Crippen LogP) is 2.50. The third-order valence-electron chi connectivity index (χ3n) is 5.02. The number of nitrogens with one attached hydrogen (secondary N) is 1. The van der Waals surface area contributed by atoms with E-state index in [0.717, 1.165) is 21.8 Å². The van der Waals surface area contributed by atoms with Crippen molar-refractivity contribution in [3.05, 3.63) is 30.1 Å². The Labute approximate surface area is 159 Å². The number of imidazole rings is 1. The molecule has 0 unspecified atom stereocenters. The average molecular weight is 398 g/mol. The molecule has 3 rings (SSSR count). The van der Waals surface area contributed by atoms with Gasteiger partial charge in [-0.3, -0.25) is 4.79 Å². The Balaban J connectivity index is 1.61. The quantitative estimate of drug-likeness (QED) is 0.810. The van der Waals surface area contributed by atoms with E-state index in [1.54, 1.807) is 0 Å². The van der Waals surface area contributed by atoms with Crippen LogP contribution in [0, 0.1) is 11.8 Å². The molecule has 0 spiro atoms. The van der Waals surface area contributed by atoms with Crippen LogP contribution < -0.4 is 5.32 Å². The molecule has 1 aliphatic rings. The van der Waals surface area contributed by atoms with Crippen LogP contribution >= 0.6 is 0 Å². The van der Waals surface area contributed by atoms with Gasteiger partial charge < -0.3 is 19.9 Å². The lowest BCUT2D eigenvalue weighted by Gasteiger charge is -2.18. The molecule has 0 bridgehead atoms. The minimum absolute atomic E-state index is 0.188. The number of halogens is 3. The van der Waals surface area contributed by atoms with Gasteiger partial charge in [0.05, 0.1) is 22.9 Å². The van der Waals surface area contributed by atoms with Gasteiger partial charge in [0.25, 0.3) is 0 Å². The fourth-order valence-corrected chi connectivity index (χ4v) is 3.61. The number of carbonyl (C=O) groups excluding carboxylic acids is 1. The van der Waals surface area contributed by atoms with Crippen LogP contribution in [0.5, 0.6) is 0 Å². The molecular formula is C18H21F3N4O3. The van der Waals surface area contributed by atoms with Crippen molar-refractivity contribution in [3.63, 3.8) is 0 Å². The average Bonchev–Trinajstić information content (AvgIpc) is 3.23. The van der Waals surface area contributed by atoms with Crippen LogP contribution in [-0.4, -0.2) is 57.4 Å². The van der Waals surface area contributed by atoms with Crippen molar-refractivity contribution in [3.8, 4) is 0 Å². The van der Waals surface area contributed by atoms with Crippen LogP contribution in [0.2, 0.25) is 0 Å². The molecular weight excluding hydrogens is 377 g/mol. The van der Waals surface area contributed by atoms with Crippen molar-refractivity contribution in [2.75, 3.05) is 19.6 Å². The van der Waals surface area contributed by atoms with Gasteiger partial charge in [-0.15, -0.1) is 0 Å². The molecule has 1 fully saturated rings. The third-order valence-corrected chi connectivity index (χ3v) is 5.02. The van der Waals surface area contributed by atoms with Gasteiger partial charge in [-0.25, -0.2) is 9.78 Å². The Morgan fingerprint density at radius 1 is 1.29 bits per heavy atom. The van der Waals surface area contributed by atoms with E-state index in [1.807, 2.05) is 35.8 Å². The summed E-state index contributed by atoms with van der Waals surface area (Å²) in [6.07, 6.45) is -4.25. The number of benzene rings is 1. The predicted molar refractivity (Wildman–Crippen MR) is 94.8 cm³/mol. The number of aliphatic carboxylic acids is 1. The van der Waals surface area contributed by atoms with E-state index in [1.165, 1.54) is 0 Å². The number of carboxylic acid groups (broad SMARTS) is 1. The van der Waals surface area contributed by atoms with E-state index in [9.17, 15) is 22.8 Å². The summed E-state index contributed by atoms with van der Waals surface area (Å²) >= 11 is 0. The van der Waals surface area contributed by atoms with E-state index < -0.39 is 43.1 Å². The van der Waals surface area contributed by atoms with Gasteiger partial charge in [0.1, 0.15) is 5.82 Å². The number of alkyl halides is 3. The zero-order valence-electron chi connectivity index (χ0n) is 15.2. The number of aromatic nitrogens is 2. The standard InChI is InChI=1S/C18H21F3N4O3/c1-2-25-14-6-4-3-5-13(14)23-15(25)7-8-22-17(28)24-9-11(16(26)27)12(10-24)18(19,20)21/h3-6,11-12H,2,7-10H2,1H3,(H,22,28)(H,26,27)/t11-,12-/m1/s1. The second-order valence-electron chi connectivity index (χ2n) is 6.74. The number of aryl methyl sites for hydroxylation is 1. The minimum atomic E-state index is -4.66. The van der Waals surface area contributed by atoms with Crippen molar-refractivity contribution in [1.29, 1.82) is 0 Å². The number of hydrogen-bond donors (Lipinski definition) is 2. The van der Waals surface area contributed by atoms with Crippen LogP contribution in [0.4, 0.5) is 18.0 Å². The Morgan fingerprint density at radius 2 is 2.00 bits per heavy atom. The number of fused-ring (bicyclic) bond motifs is 1. The summed E-state index contributed by atoms with van der Waals surface area (Å²) in [4.78, 5) is 28.8. The van der Waals surface area contributed by atoms with Gasteiger partial charge in [-0.1, -0.05) is 12.1 Å². The van der Waals surface area contributed by atoms with Crippen molar-refractivity contribution in [2.45, 2.75) is 26.1 Å². The number of para-hydroxylation sites is 2. The molecule has 2 N–H and O–H groups in total. The maximum Gasteiger partial charge on any atom is 0.394 e. The van der Waals surface area contributed by atoms with Crippen molar-refractivity contribution < 1.29 is 27.9 Å². The normalized spacial score (nSPS) is 19.9. The molecule has 2 amide bonds. The fourth-order valence-electron chi connectivity index (χ4n) is 3.61. The van der Waals surface area contributed by atoms with Crippen molar-refractivity contribution in [2.24, 2.45) is 11.8 Å². The summed E-state index contributed by atoms with van der Waals surface area (Å²) in [5.74, 6) is -4.48. The zero-order valence-corrected chi connectivity index (χ0v) is 15.2. The lowest BCUT2D eigenvalue weighted by Crippen LogP contribution is -2.40. The van der Waals surface area contributed by atoms with E-state index >= 15 is 0 Å². The molecule has 2 heterocycles. The highest BCUT2D eigenvalue weighted by molar-refractivity contribution is 5.78. The highest BCUT2D eigenvalue weighted by Crippen LogP contribution is 2.37. The maximum absolute atomic E-state index is 13.0. The number of hydrogen-bond acceptors (Lipinski definition) is 3. The minimum Gasteiger partial charge on any atom is -0.481 e. The Morgan fingerprint density at radius 3 is 2.61 bits per heavy atom. The topological polar surface area (TPSA) is 87.5 Å².